The third-order valence-electron chi connectivity index (χ3n) is 7.19. The summed E-state index contributed by atoms with van der Waals surface area (Å²) >= 11 is 1.66. The number of carboxylic acid groups (broad SMARTS) is 1. The average Bonchev–Trinajstić information content (AvgIpc) is 3.18. The fraction of sp³-hybridized carbons (Fsp3) is 0.810. The van der Waals surface area contributed by atoms with E-state index in [1.807, 2.05) is 6.92 Å². The highest BCUT2D eigenvalue weighted by Crippen LogP contribution is 2.51. The number of thioether (sulfide) groups is 1. The van der Waals surface area contributed by atoms with Crippen LogP contribution in [0.2, 0.25) is 0 Å². The highest BCUT2D eigenvalue weighted by atomic mass is 32.2. The maximum Gasteiger partial charge on any atom is 0.353 e. The number of hydrogen-bond donors (Lipinski definition) is 2. The standard InChI is InChI=1S/C21H33N3O4S/c1-12-17-16(13(2)25)20(26)24(17)18(21(27)28)19(12)29-15-6-9-23(11-15)10-14-4-7-22(3)8-5-14/h12-17,25H,4-11H2,1-3H3,(H,27,28)/t12-,13-,15?,16-,17-/m1/s1. The number of carbonyl (C=O) groups is 2. The first kappa shape index (κ1) is 21.2. The Balaban J connectivity index is 1.40. The zero-order valence-electron chi connectivity index (χ0n) is 17.6. The summed E-state index contributed by atoms with van der Waals surface area (Å²) in [4.78, 5) is 31.6. The van der Waals surface area contributed by atoms with Crippen molar-refractivity contribution in [2.75, 3.05) is 39.8 Å². The van der Waals surface area contributed by atoms with Gasteiger partial charge in [-0.05, 0) is 58.8 Å². The molecule has 29 heavy (non-hydrogen) atoms. The molecule has 4 aliphatic heterocycles. The van der Waals surface area contributed by atoms with E-state index in [-0.39, 0.29) is 23.6 Å². The molecule has 4 rings (SSSR count). The first-order valence-electron chi connectivity index (χ1n) is 10.8. The van der Waals surface area contributed by atoms with E-state index in [0.29, 0.717) is 5.25 Å². The molecule has 0 aromatic carbocycles. The first-order valence-corrected chi connectivity index (χ1v) is 11.7. The Morgan fingerprint density at radius 1 is 1.24 bits per heavy atom. The van der Waals surface area contributed by atoms with Gasteiger partial charge in [0.15, 0.2) is 0 Å². The van der Waals surface area contributed by atoms with E-state index in [1.54, 1.807) is 18.7 Å². The smallest absolute Gasteiger partial charge is 0.353 e. The Hall–Kier alpha value is -1.09. The molecule has 0 aliphatic carbocycles. The molecule has 0 radical (unpaired) electrons. The molecule has 4 aliphatic rings. The Bertz CT molecular complexity index is 704. The Kier molecular flexibility index (Phi) is 5.99. The number of piperidine rings is 1. The van der Waals surface area contributed by atoms with Gasteiger partial charge < -0.3 is 24.9 Å². The van der Waals surface area contributed by atoms with Crippen LogP contribution in [0.1, 0.15) is 33.1 Å². The molecule has 2 N–H and O–H groups in total. The lowest BCUT2D eigenvalue weighted by atomic mass is 9.79. The summed E-state index contributed by atoms with van der Waals surface area (Å²) in [7, 11) is 2.19. The number of rotatable bonds is 6. The first-order chi connectivity index (χ1) is 13.8. The fourth-order valence-electron chi connectivity index (χ4n) is 5.53. The number of β-lactam (4-membered cyclic amide) rings is 1. The number of likely N-dealkylation sites (tertiary alicyclic amines) is 2. The summed E-state index contributed by atoms with van der Waals surface area (Å²) in [5.74, 6) is -1.03. The second kappa shape index (κ2) is 8.21. The van der Waals surface area contributed by atoms with Crippen molar-refractivity contribution in [3.63, 3.8) is 0 Å². The molecular formula is C21H33N3O4S. The van der Waals surface area contributed by atoms with E-state index < -0.39 is 18.0 Å². The summed E-state index contributed by atoms with van der Waals surface area (Å²) in [6.07, 6.45) is 2.83. The lowest BCUT2D eigenvalue weighted by Crippen LogP contribution is -2.63. The van der Waals surface area contributed by atoms with Crippen LogP contribution in [0.4, 0.5) is 0 Å². The topological polar surface area (TPSA) is 84.3 Å². The Morgan fingerprint density at radius 3 is 2.55 bits per heavy atom. The minimum atomic E-state index is -1.03. The zero-order valence-corrected chi connectivity index (χ0v) is 18.4. The van der Waals surface area contributed by atoms with Gasteiger partial charge >= 0.3 is 5.97 Å². The van der Waals surface area contributed by atoms with Gasteiger partial charge in [0, 0.05) is 29.2 Å². The highest BCUT2D eigenvalue weighted by Gasteiger charge is 2.60. The Morgan fingerprint density at radius 2 is 1.93 bits per heavy atom. The number of hydrogen-bond acceptors (Lipinski definition) is 6. The van der Waals surface area contributed by atoms with Crippen LogP contribution in [0, 0.1) is 17.8 Å². The van der Waals surface area contributed by atoms with Crippen molar-refractivity contribution in [3.8, 4) is 0 Å². The number of carboxylic acids is 1. The molecule has 0 saturated carbocycles. The molecule has 3 fully saturated rings. The molecule has 3 saturated heterocycles. The van der Waals surface area contributed by atoms with Gasteiger partial charge in [-0.25, -0.2) is 4.79 Å². The zero-order chi connectivity index (χ0) is 20.9. The van der Waals surface area contributed by atoms with Crippen molar-refractivity contribution in [3.05, 3.63) is 10.6 Å². The van der Waals surface area contributed by atoms with Gasteiger partial charge in [-0.2, -0.15) is 0 Å². The van der Waals surface area contributed by atoms with E-state index in [4.69, 9.17) is 0 Å². The third kappa shape index (κ3) is 3.84. The van der Waals surface area contributed by atoms with Gasteiger partial charge in [-0.3, -0.25) is 4.79 Å². The van der Waals surface area contributed by atoms with Crippen LogP contribution in [0.25, 0.3) is 0 Å². The Labute approximate surface area is 177 Å². The van der Waals surface area contributed by atoms with Gasteiger partial charge in [0.1, 0.15) is 5.70 Å². The molecule has 1 unspecified atom stereocenters. The normalized spacial score (nSPS) is 35.2. The summed E-state index contributed by atoms with van der Waals surface area (Å²) in [6, 6.07) is -0.215. The number of aliphatic hydroxyl groups excluding tert-OH is 1. The van der Waals surface area contributed by atoms with Gasteiger partial charge in [0.05, 0.1) is 18.1 Å². The molecule has 7 nitrogen and oxygen atoms in total. The number of carbonyl (C=O) groups excluding carboxylic acids is 1. The van der Waals surface area contributed by atoms with E-state index in [9.17, 15) is 19.8 Å². The SMILES string of the molecule is C[C@@H](O)[C@H]1C(=O)N2C(C(=O)O)=C(SC3CCN(CC4CCN(C)CC4)C3)[C@H](C)[C@H]12. The molecule has 1 amide bonds. The van der Waals surface area contributed by atoms with E-state index in [0.717, 1.165) is 36.9 Å². The van der Waals surface area contributed by atoms with Crippen molar-refractivity contribution in [1.82, 2.24) is 14.7 Å². The molecular weight excluding hydrogens is 390 g/mol. The van der Waals surface area contributed by atoms with Crippen molar-refractivity contribution in [2.24, 2.45) is 17.8 Å². The molecule has 4 heterocycles. The van der Waals surface area contributed by atoms with Crippen molar-refractivity contribution < 1.29 is 19.8 Å². The predicted molar refractivity (Wildman–Crippen MR) is 112 cm³/mol. The number of nitrogens with zero attached hydrogens (tertiary/aromatic N) is 3. The van der Waals surface area contributed by atoms with Gasteiger partial charge in [-0.1, -0.05) is 6.92 Å². The van der Waals surface area contributed by atoms with Crippen LogP contribution in [-0.4, -0.2) is 94.0 Å². The minimum Gasteiger partial charge on any atom is -0.477 e. The molecule has 162 valence electrons. The second-order valence-corrected chi connectivity index (χ2v) is 10.6. The van der Waals surface area contributed by atoms with Crippen molar-refractivity contribution in [2.45, 2.75) is 50.5 Å². The minimum absolute atomic E-state index is 0.0358. The molecule has 5 atom stereocenters. The van der Waals surface area contributed by atoms with Gasteiger partial charge in [0.25, 0.3) is 0 Å². The van der Waals surface area contributed by atoms with Crippen LogP contribution in [0.15, 0.2) is 10.6 Å². The summed E-state index contributed by atoms with van der Waals surface area (Å²) in [6.45, 7) is 9.17. The molecule has 0 aromatic heterocycles. The number of fused-ring (bicyclic) bond motifs is 1. The predicted octanol–water partition coefficient (Wildman–Crippen LogP) is 1.29. The van der Waals surface area contributed by atoms with E-state index >= 15 is 0 Å². The summed E-state index contributed by atoms with van der Waals surface area (Å²) < 4.78 is 0. The van der Waals surface area contributed by atoms with Crippen LogP contribution in [-0.2, 0) is 9.59 Å². The number of aliphatic carboxylic acids is 1. The van der Waals surface area contributed by atoms with E-state index in [1.165, 1.54) is 30.8 Å². The summed E-state index contributed by atoms with van der Waals surface area (Å²) in [5, 5.41) is 20.1. The van der Waals surface area contributed by atoms with Gasteiger partial charge in [-0.15, -0.1) is 11.8 Å². The van der Waals surface area contributed by atoms with E-state index in [2.05, 4.69) is 16.8 Å². The molecule has 8 heteroatoms. The average molecular weight is 424 g/mol. The van der Waals surface area contributed by atoms with Crippen molar-refractivity contribution >= 4 is 23.6 Å². The lowest BCUT2D eigenvalue weighted by molar-refractivity contribution is -0.163. The van der Waals surface area contributed by atoms with Crippen LogP contribution < -0.4 is 0 Å². The molecule has 0 spiro atoms. The number of amides is 1. The quantitative estimate of drug-likeness (QED) is 0.623. The largest absolute Gasteiger partial charge is 0.477 e. The highest BCUT2D eigenvalue weighted by molar-refractivity contribution is 8.03. The van der Waals surface area contributed by atoms with Crippen molar-refractivity contribution in [1.29, 1.82) is 0 Å². The second-order valence-electron chi connectivity index (χ2n) is 9.31. The number of aliphatic hydroxyl groups is 1. The van der Waals surface area contributed by atoms with Crippen LogP contribution in [0.5, 0.6) is 0 Å². The third-order valence-corrected chi connectivity index (χ3v) is 8.73. The maximum atomic E-state index is 12.5. The summed E-state index contributed by atoms with van der Waals surface area (Å²) in [5.41, 5.74) is 0.156. The van der Waals surface area contributed by atoms with Crippen LogP contribution in [0.3, 0.4) is 0 Å². The van der Waals surface area contributed by atoms with Gasteiger partial charge in [0.2, 0.25) is 5.91 Å². The monoisotopic (exact) mass is 423 g/mol. The van der Waals surface area contributed by atoms with Crippen LogP contribution >= 0.6 is 11.8 Å². The maximum absolute atomic E-state index is 12.5. The molecule has 0 bridgehead atoms. The fourth-order valence-corrected chi connectivity index (χ4v) is 7.05. The lowest BCUT2D eigenvalue weighted by Gasteiger charge is -2.46. The molecule has 0 aromatic rings.